The van der Waals surface area contributed by atoms with Crippen LogP contribution in [0.5, 0.6) is 0 Å². The standard InChI is InChI=1S/C10H13ClN2/c11-8-2-1-7(5-9(8)13)10(6-12)3-4-10/h1-2,5H,3-4,6,12-13H2. The van der Waals surface area contributed by atoms with Gasteiger partial charge in [0.05, 0.1) is 10.7 Å². The third-order valence-corrected chi connectivity index (χ3v) is 3.20. The lowest BCUT2D eigenvalue weighted by molar-refractivity contribution is 0.705. The fourth-order valence-electron chi connectivity index (χ4n) is 1.64. The number of anilines is 1. The van der Waals surface area contributed by atoms with Crippen LogP contribution in [-0.4, -0.2) is 6.54 Å². The number of nitrogen functional groups attached to an aromatic ring is 1. The minimum atomic E-state index is 0.207. The first-order valence-corrected chi connectivity index (χ1v) is 4.81. The molecule has 3 heteroatoms. The Morgan fingerprint density at radius 2 is 2.08 bits per heavy atom. The molecule has 70 valence electrons. The third-order valence-electron chi connectivity index (χ3n) is 2.85. The predicted molar refractivity (Wildman–Crippen MR) is 55.8 cm³/mol. The number of nitrogens with two attached hydrogens (primary N) is 2. The largest absolute Gasteiger partial charge is 0.398 e. The zero-order valence-electron chi connectivity index (χ0n) is 7.39. The first kappa shape index (κ1) is 8.85. The highest BCUT2D eigenvalue weighted by atomic mass is 35.5. The lowest BCUT2D eigenvalue weighted by Gasteiger charge is -2.13. The Bertz CT molecular complexity index is 332. The molecule has 1 aromatic rings. The second-order valence-electron chi connectivity index (χ2n) is 3.72. The molecule has 0 unspecified atom stereocenters. The van der Waals surface area contributed by atoms with E-state index in [0.29, 0.717) is 17.3 Å². The molecule has 1 saturated carbocycles. The van der Waals surface area contributed by atoms with E-state index in [9.17, 15) is 0 Å². The van der Waals surface area contributed by atoms with Gasteiger partial charge in [-0.15, -0.1) is 0 Å². The molecule has 13 heavy (non-hydrogen) atoms. The molecule has 2 rings (SSSR count). The Morgan fingerprint density at radius 3 is 2.54 bits per heavy atom. The first-order valence-electron chi connectivity index (χ1n) is 4.43. The van der Waals surface area contributed by atoms with Gasteiger partial charge < -0.3 is 11.5 Å². The van der Waals surface area contributed by atoms with Crippen molar-refractivity contribution in [1.29, 1.82) is 0 Å². The third kappa shape index (κ3) is 1.40. The van der Waals surface area contributed by atoms with Crippen molar-refractivity contribution in [2.45, 2.75) is 18.3 Å². The summed E-state index contributed by atoms with van der Waals surface area (Å²) < 4.78 is 0. The van der Waals surface area contributed by atoms with Crippen LogP contribution < -0.4 is 11.5 Å². The summed E-state index contributed by atoms with van der Waals surface area (Å²) in [5, 5.41) is 0.622. The van der Waals surface area contributed by atoms with Crippen molar-refractivity contribution >= 4 is 17.3 Å². The highest BCUT2D eigenvalue weighted by Crippen LogP contribution is 2.47. The molecule has 0 bridgehead atoms. The molecule has 0 saturated heterocycles. The van der Waals surface area contributed by atoms with Gasteiger partial charge >= 0.3 is 0 Å². The van der Waals surface area contributed by atoms with Crippen molar-refractivity contribution in [3.8, 4) is 0 Å². The molecule has 0 aliphatic heterocycles. The molecular weight excluding hydrogens is 184 g/mol. The molecule has 0 atom stereocenters. The topological polar surface area (TPSA) is 52.0 Å². The first-order chi connectivity index (χ1) is 6.18. The average molecular weight is 197 g/mol. The summed E-state index contributed by atoms with van der Waals surface area (Å²) in [6, 6.07) is 5.82. The van der Waals surface area contributed by atoms with Gasteiger partial charge in [0.2, 0.25) is 0 Å². The van der Waals surface area contributed by atoms with E-state index in [4.69, 9.17) is 23.1 Å². The van der Waals surface area contributed by atoms with E-state index >= 15 is 0 Å². The van der Waals surface area contributed by atoms with E-state index in [1.165, 1.54) is 18.4 Å². The molecule has 0 heterocycles. The smallest absolute Gasteiger partial charge is 0.0635 e. The average Bonchev–Trinajstić information content (AvgIpc) is 2.90. The highest BCUT2D eigenvalue weighted by molar-refractivity contribution is 6.33. The van der Waals surface area contributed by atoms with Crippen molar-refractivity contribution in [2.75, 3.05) is 12.3 Å². The maximum atomic E-state index is 5.84. The molecule has 2 nitrogen and oxygen atoms in total. The zero-order chi connectivity index (χ0) is 9.47. The maximum Gasteiger partial charge on any atom is 0.0635 e. The fourth-order valence-corrected chi connectivity index (χ4v) is 1.75. The van der Waals surface area contributed by atoms with Crippen LogP contribution in [0.25, 0.3) is 0 Å². The summed E-state index contributed by atoms with van der Waals surface area (Å²) in [5.41, 5.74) is 13.5. The minimum Gasteiger partial charge on any atom is -0.398 e. The summed E-state index contributed by atoms with van der Waals surface area (Å²) in [6.45, 7) is 0.702. The van der Waals surface area contributed by atoms with Gasteiger partial charge in [0.25, 0.3) is 0 Å². The van der Waals surface area contributed by atoms with Crippen LogP contribution in [0.3, 0.4) is 0 Å². The zero-order valence-corrected chi connectivity index (χ0v) is 8.14. The SMILES string of the molecule is NCC1(c2ccc(Cl)c(N)c2)CC1. The molecule has 1 aromatic carbocycles. The van der Waals surface area contributed by atoms with Gasteiger partial charge in [0, 0.05) is 12.0 Å². The van der Waals surface area contributed by atoms with Gasteiger partial charge in [-0.3, -0.25) is 0 Å². The van der Waals surface area contributed by atoms with Crippen molar-refractivity contribution in [2.24, 2.45) is 5.73 Å². The van der Waals surface area contributed by atoms with Crippen LogP contribution in [0, 0.1) is 0 Å². The molecule has 1 fully saturated rings. The number of hydrogen-bond acceptors (Lipinski definition) is 2. The van der Waals surface area contributed by atoms with Gasteiger partial charge in [0.1, 0.15) is 0 Å². The van der Waals surface area contributed by atoms with Crippen LogP contribution in [0.1, 0.15) is 18.4 Å². The van der Waals surface area contributed by atoms with Crippen LogP contribution in [0.2, 0.25) is 5.02 Å². The summed E-state index contributed by atoms with van der Waals surface area (Å²) in [4.78, 5) is 0. The molecule has 1 aliphatic rings. The summed E-state index contributed by atoms with van der Waals surface area (Å²) in [6.07, 6.45) is 2.34. The van der Waals surface area contributed by atoms with Crippen molar-refractivity contribution in [3.05, 3.63) is 28.8 Å². The van der Waals surface area contributed by atoms with Crippen LogP contribution in [0.4, 0.5) is 5.69 Å². The highest BCUT2D eigenvalue weighted by Gasteiger charge is 2.42. The predicted octanol–water partition coefficient (Wildman–Crippen LogP) is 1.91. The number of rotatable bonds is 2. The second-order valence-corrected chi connectivity index (χ2v) is 4.13. The minimum absolute atomic E-state index is 0.207. The second kappa shape index (κ2) is 2.89. The Labute approximate surface area is 82.9 Å². The molecule has 0 amide bonds. The summed E-state index contributed by atoms with van der Waals surface area (Å²) in [5.74, 6) is 0. The van der Waals surface area contributed by atoms with E-state index in [1.807, 2.05) is 18.2 Å². The molecule has 0 spiro atoms. The molecule has 4 N–H and O–H groups in total. The Morgan fingerprint density at radius 1 is 1.38 bits per heavy atom. The van der Waals surface area contributed by atoms with Gasteiger partial charge in [-0.05, 0) is 30.5 Å². The van der Waals surface area contributed by atoms with Crippen molar-refractivity contribution in [1.82, 2.24) is 0 Å². The number of benzene rings is 1. The Balaban J connectivity index is 2.37. The van der Waals surface area contributed by atoms with E-state index in [0.717, 1.165) is 0 Å². The fraction of sp³-hybridized carbons (Fsp3) is 0.400. The van der Waals surface area contributed by atoms with Crippen LogP contribution in [-0.2, 0) is 5.41 Å². The van der Waals surface area contributed by atoms with Gasteiger partial charge in [0.15, 0.2) is 0 Å². The quantitative estimate of drug-likeness (QED) is 0.711. The van der Waals surface area contributed by atoms with Crippen molar-refractivity contribution in [3.63, 3.8) is 0 Å². The van der Waals surface area contributed by atoms with E-state index in [1.54, 1.807) is 0 Å². The lowest BCUT2D eigenvalue weighted by Crippen LogP contribution is -2.19. The lowest BCUT2D eigenvalue weighted by atomic mass is 9.96. The van der Waals surface area contributed by atoms with Gasteiger partial charge in [-0.1, -0.05) is 17.7 Å². The molecule has 0 aromatic heterocycles. The van der Waals surface area contributed by atoms with Gasteiger partial charge in [-0.25, -0.2) is 0 Å². The molecular formula is C10H13ClN2. The summed E-state index contributed by atoms with van der Waals surface area (Å²) >= 11 is 5.84. The molecule has 0 radical (unpaired) electrons. The van der Waals surface area contributed by atoms with Gasteiger partial charge in [-0.2, -0.15) is 0 Å². The normalized spacial score (nSPS) is 18.6. The number of halogens is 1. The summed E-state index contributed by atoms with van der Waals surface area (Å²) in [7, 11) is 0. The number of hydrogen-bond donors (Lipinski definition) is 2. The Kier molecular flexibility index (Phi) is 1.97. The van der Waals surface area contributed by atoms with E-state index < -0.39 is 0 Å². The molecule has 1 aliphatic carbocycles. The van der Waals surface area contributed by atoms with Crippen LogP contribution in [0.15, 0.2) is 18.2 Å². The maximum absolute atomic E-state index is 5.84. The van der Waals surface area contributed by atoms with E-state index in [-0.39, 0.29) is 5.41 Å². The monoisotopic (exact) mass is 196 g/mol. The van der Waals surface area contributed by atoms with Crippen LogP contribution >= 0.6 is 11.6 Å². The van der Waals surface area contributed by atoms with Crippen molar-refractivity contribution < 1.29 is 0 Å². The Hall–Kier alpha value is -0.730. The van der Waals surface area contributed by atoms with E-state index in [2.05, 4.69) is 0 Å².